The van der Waals surface area contributed by atoms with Crippen molar-refractivity contribution < 1.29 is 183 Å². The molecule has 0 aromatic carbocycles. The first-order chi connectivity index (χ1) is 48.1. The minimum absolute atomic E-state index is 0. The molecule has 2 aromatic rings. The Morgan fingerprint density at radius 2 is 0.944 bits per heavy atom. The molecule has 7 N–H and O–H groups in total. The van der Waals surface area contributed by atoms with E-state index in [0.717, 1.165) is 33.7 Å². The number of terminal acetylenes is 2. The predicted octanol–water partition coefficient (Wildman–Crippen LogP) is 8.55. The average molecular weight is 1970 g/mol. The normalized spacial score (nSPS) is 22.7. The van der Waals surface area contributed by atoms with E-state index >= 15 is 0 Å². The van der Waals surface area contributed by atoms with Crippen LogP contribution in [-0.2, 0) is 126 Å². The summed E-state index contributed by atoms with van der Waals surface area (Å²) in [5.74, 6) is 2.45. The maximum absolute atomic E-state index is 12.9. The number of fused-ring (bicyclic) bond motifs is 1. The van der Waals surface area contributed by atoms with Gasteiger partial charge in [-0.1, -0.05) is 43.9 Å². The molecule has 3 aliphatic heterocycles. The van der Waals surface area contributed by atoms with E-state index in [2.05, 4.69) is 135 Å². The molecule has 5 heterocycles. The maximum Gasteiger partial charge on any atom is 0.475 e. The summed E-state index contributed by atoms with van der Waals surface area (Å²) in [7, 11) is -5.78. The molecule has 0 bridgehead atoms. The number of aromatic nitrogens is 4. The minimum Gasteiger partial charge on any atom is -0.463 e. The van der Waals surface area contributed by atoms with Crippen molar-refractivity contribution in [2.45, 2.75) is 307 Å². The number of aromatic amines is 2. The second kappa shape index (κ2) is 52.5. The number of phosphoric ester groups is 1. The van der Waals surface area contributed by atoms with Crippen molar-refractivity contribution in [3.05, 3.63) is 66.2 Å². The number of esters is 3. The Balaban J connectivity index is -0.00000131. The minimum atomic E-state index is -4.16. The topological polar surface area (TPSA) is 375 Å². The number of carbonyl (C=O) groups is 3. The molecule has 0 aliphatic carbocycles. The van der Waals surface area contributed by atoms with Gasteiger partial charge in [0.2, 0.25) is 0 Å². The number of hydrogen-bond acceptors (Lipinski definition) is 26. The van der Waals surface area contributed by atoms with Crippen molar-refractivity contribution in [3.63, 3.8) is 0 Å². The molecule has 0 amide bonds. The van der Waals surface area contributed by atoms with Gasteiger partial charge in [0.05, 0.1) is 62.5 Å². The first-order valence-corrected chi connectivity index (χ1v) is 40.3. The van der Waals surface area contributed by atoms with Gasteiger partial charge < -0.3 is 53.7 Å². The largest absolute Gasteiger partial charge is 0.475 e. The van der Waals surface area contributed by atoms with Gasteiger partial charge in [0.15, 0.2) is 32.1 Å². The molecule has 2 radical (unpaired) electrons. The van der Waals surface area contributed by atoms with Gasteiger partial charge in [0, 0.05) is 176 Å². The summed E-state index contributed by atoms with van der Waals surface area (Å²) >= 11 is 6.71. The van der Waals surface area contributed by atoms with E-state index < -0.39 is 113 Å². The molecule has 107 heavy (non-hydrogen) atoms. The maximum atomic E-state index is 12.9. The van der Waals surface area contributed by atoms with E-state index in [9.17, 15) is 53.4 Å². The molecule has 3 fully saturated rings. The zero-order valence-electron chi connectivity index (χ0n) is 67.4. The van der Waals surface area contributed by atoms with Crippen LogP contribution >= 0.6 is 35.1 Å². The van der Waals surface area contributed by atoms with Crippen LogP contribution in [0.5, 0.6) is 0 Å². The fourth-order valence-electron chi connectivity index (χ4n) is 11.0. The van der Waals surface area contributed by atoms with Crippen LogP contribution in [0.15, 0.2) is 43.7 Å². The fourth-order valence-corrected chi connectivity index (χ4v) is 18.6. The van der Waals surface area contributed by atoms with Crippen molar-refractivity contribution >= 4 is 53.0 Å². The summed E-state index contributed by atoms with van der Waals surface area (Å²) in [6, 6.07) is 5.63. The summed E-state index contributed by atoms with van der Waals surface area (Å²) in [6.07, 6.45) is 5.96. The molecule has 37 heteroatoms. The monoisotopic (exact) mass is 1970 g/mol. The number of ether oxygens (including phenoxy) is 5. The van der Waals surface area contributed by atoms with Crippen LogP contribution in [0.3, 0.4) is 0 Å². The summed E-state index contributed by atoms with van der Waals surface area (Å²) in [5, 5.41) is 48.6. The molecule has 30 nitrogen and oxygen atoms in total. The fraction of sp³-hybridized carbons (Fsp3) is 0.786. The third-order valence-electron chi connectivity index (χ3n) is 15.8. The second-order valence-electron chi connectivity index (χ2n) is 28.6. The van der Waals surface area contributed by atoms with Gasteiger partial charge in [-0.3, -0.25) is 66.0 Å². The molecule has 0 saturated carbocycles. The van der Waals surface area contributed by atoms with Gasteiger partial charge in [-0.05, 0) is 172 Å². The number of phosphoric acid groups is 1. The summed E-state index contributed by atoms with van der Waals surface area (Å²) < 4.78 is 72.9. The quantitative estimate of drug-likeness (QED) is 0.0161. The number of aliphatic hydroxyl groups excluding tert-OH is 3. The molecular weight excluding hydrogens is 1850 g/mol. The molecule has 12 atom stereocenters. The van der Waals surface area contributed by atoms with Gasteiger partial charge in [-0.2, -0.15) is 0 Å². The molecule has 4 unspecified atom stereocenters. The standard InChI is InChI=1S/C20H43N2O3P.C19H25N2O10P.C12H28ClN2P.C11H12N2O6.C8H16O3.U.2Y/c1-14(2)21(15(3)4)26(22(16(5)6)17(7)8)24-13-12-19(11)20(23)25-18(9)10;1-5-19(25)15-13(30-17(19)21-8-6-14(22)20-18(21)24)10-28-32(26,31-15)27-9-7-12(4)16(23)29-11(2)3;1-9(2)14(10(3)4)16(13)15(11(5)6)12(7)8;1-2-11(18)8(16)6(5-14)19-9(11)13-4-3-7(15)12-10(13)17;1-6(2)11-8(10)7(3)4-5-9;;;/h14-19H,12-13H2,1-11H3;1,6,8,11-13,15,17,25H,7,9-10H2,2-4H3,(H,20,22,24);9-12H,1-8H3;1,3-4,6,8-9,14,16,18H,5H2,(H,12,15,17);6-7,9H,4-5H2,1-3H3;;;/t;12?,13-,15-,17-,19-,32?;;6-,8-,9-,11-;;;;/m.1.1..../s1. The number of carbonyl (C=O) groups excluding carboxylic acids is 3. The molecule has 608 valence electrons. The van der Waals surface area contributed by atoms with Crippen molar-refractivity contribution in [2.24, 2.45) is 17.8 Å². The Morgan fingerprint density at radius 3 is 1.26 bits per heavy atom. The van der Waals surface area contributed by atoms with E-state index in [1.54, 1.807) is 27.7 Å². The van der Waals surface area contributed by atoms with Crippen LogP contribution in [0, 0.1) is 73.6 Å². The first-order valence-electron chi connectivity index (χ1n) is 35.5. The third-order valence-corrected chi connectivity index (χ3v) is 24.0. The van der Waals surface area contributed by atoms with Gasteiger partial charge in [0.25, 0.3) is 11.1 Å². The Hall–Kier alpha value is -1.07. The van der Waals surface area contributed by atoms with E-state index in [4.69, 9.17) is 76.1 Å². The number of nitrogens with zero attached hydrogens (tertiary/aromatic N) is 6. The molecule has 3 saturated heterocycles. The SMILES string of the molecule is C#C[C@@]1(O)[C@@H]2OP(=O)(OCCC(C)C(=O)OC(C)C)OC[C@H]2O[C@H]1n1ccc(=O)[nH]c1=O.C#C[C@@]1(O)[C@H](O)[C@@H](CO)O[C@H]1n1ccc(=O)[nH]c1=O.CC(C)N(C(C)C)P(Cl)N(C(C)C)C(C)C.CC(C)OC(=O)C(C)CCO.CC(C)OC(=O)C(C)CCOP(N(C(C)C)C(C)C)N(C(C)C)C(C)C.[U].[Y].[Y]. The van der Waals surface area contributed by atoms with Gasteiger partial charge in [-0.15, -0.1) is 12.8 Å². The molecule has 0 spiro atoms. The number of aliphatic hydroxyl groups is 5. The van der Waals surface area contributed by atoms with Crippen molar-refractivity contribution in [2.75, 3.05) is 33.0 Å². The molecule has 3 aliphatic rings. The Kier molecular flexibility index (Phi) is 54.0. The summed E-state index contributed by atoms with van der Waals surface area (Å²) in [5.41, 5.74) is -7.38. The number of halogens is 1. The van der Waals surface area contributed by atoms with Gasteiger partial charge in [-0.25, -0.2) is 23.5 Å². The van der Waals surface area contributed by atoms with Crippen molar-refractivity contribution in [1.82, 2.24) is 37.8 Å². The van der Waals surface area contributed by atoms with Crippen molar-refractivity contribution in [3.8, 4) is 24.7 Å². The Bertz CT molecular complexity index is 3250. The smallest absolute Gasteiger partial charge is 0.463 e. The van der Waals surface area contributed by atoms with Crippen LogP contribution in [0.25, 0.3) is 0 Å². The van der Waals surface area contributed by atoms with Crippen LogP contribution in [0.1, 0.15) is 205 Å². The average Bonchev–Trinajstić information content (AvgIpc) is 1.59. The summed E-state index contributed by atoms with van der Waals surface area (Å²) in [6.45, 7) is 51.2. The van der Waals surface area contributed by atoms with E-state index in [-0.39, 0.29) is 165 Å². The Labute approximate surface area is 715 Å². The third kappa shape index (κ3) is 34.3. The zero-order chi connectivity index (χ0) is 80.4. The van der Waals surface area contributed by atoms with Crippen LogP contribution < -0.4 is 22.5 Å². The second-order valence-corrected chi connectivity index (χ2v) is 34.2. The van der Waals surface area contributed by atoms with Crippen LogP contribution in [0.2, 0.25) is 0 Å². The van der Waals surface area contributed by atoms with Crippen LogP contribution in [-0.4, -0.2) is 217 Å². The van der Waals surface area contributed by atoms with Crippen molar-refractivity contribution in [1.29, 1.82) is 0 Å². The zero-order valence-corrected chi connectivity index (χ0v) is 80.7. The summed E-state index contributed by atoms with van der Waals surface area (Å²) in [4.78, 5) is 85.0. The number of rotatable bonds is 31. The van der Waals surface area contributed by atoms with E-state index in [0.29, 0.717) is 67.8 Å². The number of hydrogen-bond donors (Lipinski definition) is 7. The van der Waals surface area contributed by atoms with Crippen LogP contribution in [0.4, 0.5) is 0 Å². The molecule has 2 aromatic heterocycles. The first kappa shape index (κ1) is 110. The Morgan fingerprint density at radius 1 is 0.598 bits per heavy atom. The van der Waals surface area contributed by atoms with E-state index in [1.807, 2.05) is 50.5 Å². The predicted molar refractivity (Wildman–Crippen MR) is 402 cm³/mol. The number of nitrogens with one attached hydrogen (secondary N) is 2. The van der Waals surface area contributed by atoms with Gasteiger partial charge >= 0.3 is 37.1 Å². The number of H-pyrrole nitrogens is 2. The molecule has 5 rings (SSSR count). The molecular formula is C70H124ClN8O22P3UY2. The van der Waals surface area contributed by atoms with Gasteiger partial charge in [0.1, 0.15) is 32.0 Å². The van der Waals surface area contributed by atoms with E-state index in [1.165, 1.54) is 0 Å².